The first-order valence-electron chi connectivity index (χ1n) is 10.8. The van der Waals surface area contributed by atoms with E-state index in [2.05, 4.69) is 15.3 Å². The minimum atomic E-state index is -1.15. The zero-order chi connectivity index (χ0) is 23.3. The summed E-state index contributed by atoms with van der Waals surface area (Å²) in [5.41, 5.74) is 6.69. The first-order valence-corrected chi connectivity index (χ1v) is 10.8. The quantitative estimate of drug-likeness (QED) is 0.552. The van der Waals surface area contributed by atoms with Gasteiger partial charge in [0.05, 0.1) is 36.6 Å². The van der Waals surface area contributed by atoms with Crippen LogP contribution in [-0.4, -0.2) is 51.4 Å². The summed E-state index contributed by atoms with van der Waals surface area (Å²) in [7, 11) is 0. The summed E-state index contributed by atoms with van der Waals surface area (Å²) in [6, 6.07) is 8.64. The lowest BCUT2D eigenvalue weighted by atomic mass is 10.0. The molecule has 0 saturated carbocycles. The highest BCUT2D eigenvalue weighted by atomic mass is 16.5. The van der Waals surface area contributed by atoms with Gasteiger partial charge >= 0.3 is 0 Å². The van der Waals surface area contributed by atoms with E-state index in [1.807, 2.05) is 37.3 Å². The van der Waals surface area contributed by atoms with E-state index in [9.17, 15) is 14.4 Å². The lowest BCUT2D eigenvalue weighted by molar-refractivity contribution is -0.140. The van der Waals surface area contributed by atoms with E-state index >= 15 is 0 Å². The number of hydrogen-bond acceptors (Lipinski definition) is 6. The minimum Gasteiger partial charge on any atom is -0.374 e. The maximum absolute atomic E-state index is 13.3. The van der Waals surface area contributed by atoms with Gasteiger partial charge in [-0.1, -0.05) is 37.3 Å². The molecular formula is C23H31N5O4. The van der Waals surface area contributed by atoms with Crippen LogP contribution in [0.15, 0.2) is 35.1 Å². The molecule has 0 spiro atoms. The van der Waals surface area contributed by atoms with Crippen LogP contribution in [0.3, 0.4) is 0 Å². The molecule has 0 aliphatic carbocycles. The fraction of sp³-hybridized carbons (Fsp3) is 0.478. The molecule has 0 unspecified atom stereocenters. The first-order chi connectivity index (χ1) is 15.2. The Kier molecular flexibility index (Phi) is 7.42. The number of nitrogens with zero attached hydrogens (tertiary/aromatic N) is 2. The molecule has 0 bridgehead atoms. The van der Waals surface area contributed by atoms with E-state index in [-0.39, 0.29) is 24.6 Å². The van der Waals surface area contributed by atoms with Crippen molar-refractivity contribution in [3.05, 3.63) is 63.3 Å². The summed E-state index contributed by atoms with van der Waals surface area (Å²) in [5, 5.41) is 2.72. The van der Waals surface area contributed by atoms with Gasteiger partial charge in [-0.25, -0.2) is 4.98 Å². The van der Waals surface area contributed by atoms with Crippen LogP contribution in [0.1, 0.15) is 43.4 Å². The number of aromatic amines is 1. The SMILES string of the molecule is CCc1nc2c(c(=O)[nH]1)CN(C(=O)[C@@H](COCc1ccccc1)NC(=O)C(C)(C)N)CC2. The third-order valence-corrected chi connectivity index (χ3v) is 5.35. The van der Waals surface area contributed by atoms with Gasteiger partial charge in [0, 0.05) is 19.4 Å². The van der Waals surface area contributed by atoms with Crippen LogP contribution in [0.25, 0.3) is 0 Å². The second-order valence-corrected chi connectivity index (χ2v) is 8.55. The van der Waals surface area contributed by atoms with Crippen molar-refractivity contribution in [3.8, 4) is 0 Å². The molecule has 0 saturated heterocycles. The van der Waals surface area contributed by atoms with E-state index in [0.29, 0.717) is 37.4 Å². The normalized spacial score (nSPS) is 14.6. The summed E-state index contributed by atoms with van der Waals surface area (Å²) < 4.78 is 5.75. The predicted octanol–water partition coefficient (Wildman–Crippen LogP) is 0.656. The van der Waals surface area contributed by atoms with Crippen LogP contribution in [0.5, 0.6) is 0 Å². The van der Waals surface area contributed by atoms with Gasteiger partial charge < -0.3 is 25.7 Å². The predicted molar refractivity (Wildman–Crippen MR) is 120 cm³/mol. The van der Waals surface area contributed by atoms with E-state index in [1.165, 1.54) is 0 Å². The molecule has 1 aliphatic heterocycles. The van der Waals surface area contributed by atoms with Crippen LogP contribution in [0.2, 0.25) is 0 Å². The highest BCUT2D eigenvalue weighted by Gasteiger charge is 2.33. The Labute approximate surface area is 187 Å². The zero-order valence-corrected chi connectivity index (χ0v) is 18.8. The molecule has 0 fully saturated rings. The van der Waals surface area contributed by atoms with E-state index in [1.54, 1.807) is 18.7 Å². The molecule has 172 valence electrons. The van der Waals surface area contributed by atoms with E-state index < -0.39 is 17.5 Å². The van der Waals surface area contributed by atoms with Crippen LogP contribution in [-0.2, 0) is 40.3 Å². The molecule has 9 heteroatoms. The zero-order valence-electron chi connectivity index (χ0n) is 18.8. The maximum Gasteiger partial charge on any atom is 0.256 e. The van der Waals surface area contributed by atoms with Gasteiger partial charge in [0.2, 0.25) is 11.8 Å². The van der Waals surface area contributed by atoms with Crippen LogP contribution < -0.4 is 16.6 Å². The Morgan fingerprint density at radius 1 is 1.31 bits per heavy atom. The summed E-state index contributed by atoms with van der Waals surface area (Å²) in [6.07, 6.45) is 1.11. The average molecular weight is 442 g/mol. The van der Waals surface area contributed by atoms with Crippen molar-refractivity contribution in [1.29, 1.82) is 0 Å². The number of H-pyrrole nitrogens is 1. The van der Waals surface area contributed by atoms with E-state index in [4.69, 9.17) is 10.5 Å². The van der Waals surface area contributed by atoms with Crippen molar-refractivity contribution in [2.75, 3.05) is 13.2 Å². The number of rotatable bonds is 8. The third-order valence-electron chi connectivity index (χ3n) is 5.35. The summed E-state index contributed by atoms with van der Waals surface area (Å²) in [5.74, 6) is -0.137. The molecule has 1 atom stereocenters. The monoisotopic (exact) mass is 441 g/mol. The van der Waals surface area contributed by atoms with Crippen molar-refractivity contribution >= 4 is 11.8 Å². The Morgan fingerprint density at radius 2 is 2.03 bits per heavy atom. The van der Waals surface area contributed by atoms with Crippen molar-refractivity contribution in [2.45, 2.75) is 58.3 Å². The number of amides is 2. The van der Waals surface area contributed by atoms with Gasteiger partial charge in [-0.2, -0.15) is 0 Å². The van der Waals surface area contributed by atoms with Crippen LogP contribution in [0.4, 0.5) is 0 Å². The van der Waals surface area contributed by atoms with Crippen LogP contribution in [0, 0.1) is 0 Å². The summed E-state index contributed by atoms with van der Waals surface area (Å²) in [6.45, 7) is 5.90. The first kappa shape index (κ1) is 23.6. The highest BCUT2D eigenvalue weighted by Crippen LogP contribution is 2.15. The highest BCUT2D eigenvalue weighted by molar-refractivity contribution is 5.91. The number of aryl methyl sites for hydroxylation is 1. The summed E-state index contributed by atoms with van der Waals surface area (Å²) >= 11 is 0. The third kappa shape index (κ3) is 5.80. The van der Waals surface area contributed by atoms with Gasteiger partial charge in [0.25, 0.3) is 5.56 Å². The second kappa shape index (κ2) is 10.1. The number of carbonyl (C=O) groups is 2. The lowest BCUT2D eigenvalue weighted by Gasteiger charge is -2.32. The van der Waals surface area contributed by atoms with Gasteiger partial charge in [-0.15, -0.1) is 0 Å². The number of carbonyl (C=O) groups excluding carboxylic acids is 2. The van der Waals surface area contributed by atoms with Crippen molar-refractivity contribution < 1.29 is 14.3 Å². The number of benzene rings is 1. The van der Waals surface area contributed by atoms with Gasteiger partial charge in [-0.05, 0) is 19.4 Å². The fourth-order valence-electron chi connectivity index (χ4n) is 3.44. The number of ether oxygens (including phenoxy) is 1. The molecule has 2 heterocycles. The van der Waals surface area contributed by atoms with Gasteiger partial charge in [0.15, 0.2) is 0 Å². The molecule has 2 amide bonds. The van der Waals surface area contributed by atoms with E-state index in [0.717, 1.165) is 11.3 Å². The van der Waals surface area contributed by atoms with Gasteiger partial charge in [-0.3, -0.25) is 14.4 Å². The topological polar surface area (TPSA) is 130 Å². The van der Waals surface area contributed by atoms with Crippen molar-refractivity contribution in [1.82, 2.24) is 20.2 Å². The lowest BCUT2D eigenvalue weighted by Crippen LogP contribution is -2.58. The molecular weight excluding hydrogens is 410 g/mol. The molecule has 1 aromatic carbocycles. The minimum absolute atomic E-state index is 0.0116. The molecule has 1 aromatic heterocycles. The Balaban J connectivity index is 1.73. The number of fused-ring (bicyclic) bond motifs is 1. The Hall–Kier alpha value is -3.04. The van der Waals surface area contributed by atoms with Crippen LogP contribution >= 0.6 is 0 Å². The fourth-order valence-corrected chi connectivity index (χ4v) is 3.44. The van der Waals surface area contributed by atoms with Gasteiger partial charge in [0.1, 0.15) is 11.9 Å². The average Bonchev–Trinajstić information content (AvgIpc) is 2.77. The van der Waals surface area contributed by atoms with Crippen molar-refractivity contribution in [2.24, 2.45) is 5.73 Å². The smallest absolute Gasteiger partial charge is 0.256 e. The number of nitrogens with two attached hydrogens (primary N) is 1. The molecule has 9 nitrogen and oxygen atoms in total. The Bertz CT molecular complexity index is 1010. The molecule has 3 rings (SSSR count). The molecule has 2 aromatic rings. The summed E-state index contributed by atoms with van der Waals surface area (Å²) in [4.78, 5) is 47.1. The number of nitrogens with one attached hydrogen (secondary N) is 2. The largest absolute Gasteiger partial charge is 0.374 e. The Morgan fingerprint density at radius 3 is 2.69 bits per heavy atom. The molecule has 0 radical (unpaired) electrons. The number of aromatic nitrogens is 2. The molecule has 1 aliphatic rings. The second-order valence-electron chi connectivity index (χ2n) is 8.55. The maximum atomic E-state index is 13.3. The molecule has 32 heavy (non-hydrogen) atoms. The standard InChI is InChI=1S/C23H31N5O4/c1-4-19-25-17-10-11-28(12-16(17)20(29)27-19)21(30)18(26-22(31)23(2,3)24)14-32-13-15-8-6-5-7-9-15/h5-9,18H,4,10-14,24H2,1-3H3,(H,26,31)(H,25,27,29)/t18-/m1/s1. The number of hydrogen-bond donors (Lipinski definition) is 3. The van der Waals surface area contributed by atoms with Crippen molar-refractivity contribution in [3.63, 3.8) is 0 Å². The molecule has 4 N–H and O–H groups in total.